The minimum Gasteiger partial charge on any atom is -0.299 e. The van der Waals surface area contributed by atoms with Gasteiger partial charge in [-0.3, -0.25) is 9.89 Å². The number of aromatic nitrogens is 3. The lowest BCUT2D eigenvalue weighted by molar-refractivity contribution is -0.114. The summed E-state index contributed by atoms with van der Waals surface area (Å²) in [5.41, 5.74) is 0.605. The molecule has 0 saturated heterocycles. The fraction of sp³-hybridized carbons (Fsp3) is 0.250. The third-order valence-corrected chi connectivity index (χ3v) is 4.96. The van der Waals surface area contributed by atoms with Gasteiger partial charge in [0.25, 0.3) is 0 Å². The Labute approximate surface area is 126 Å². The molecular weight excluding hydrogens is 312 g/mol. The van der Waals surface area contributed by atoms with Crippen molar-refractivity contribution >= 4 is 27.6 Å². The number of ketones is 1. The van der Waals surface area contributed by atoms with Crippen molar-refractivity contribution in [3.63, 3.8) is 0 Å². The third-order valence-electron chi connectivity index (χ3n) is 2.56. The second kappa shape index (κ2) is 6.37. The highest BCUT2D eigenvalue weighted by atomic mass is 32.2. The zero-order valence-electron chi connectivity index (χ0n) is 11.5. The number of thioether (sulfide) groups is 1. The number of rotatable bonds is 6. The number of nitrogens with one attached hydrogen (secondary N) is 2. The maximum atomic E-state index is 11.8. The Morgan fingerprint density at radius 3 is 2.86 bits per heavy atom. The van der Waals surface area contributed by atoms with Crippen LogP contribution in [0, 0.1) is 0 Å². The fourth-order valence-electron chi connectivity index (χ4n) is 1.53. The molecule has 0 aliphatic heterocycles. The topological polar surface area (TPSA) is 105 Å². The van der Waals surface area contributed by atoms with Crippen LogP contribution in [-0.4, -0.2) is 42.2 Å². The molecule has 0 unspecified atom stereocenters. The molecule has 0 spiro atoms. The van der Waals surface area contributed by atoms with Crippen molar-refractivity contribution in [1.29, 1.82) is 0 Å². The minimum absolute atomic E-state index is 0.0356. The Bertz CT molecular complexity index is 755. The molecule has 0 atom stereocenters. The van der Waals surface area contributed by atoms with Crippen LogP contribution in [0.3, 0.4) is 0 Å². The second-order valence-electron chi connectivity index (χ2n) is 4.19. The molecule has 0 bridgehead atoms. The second-order valence-corrected chi connectivity index (χ2v) is 7.02. The molecule has 0 amide bonds. The predicted octanol–water partition coefficient (Wildman–Crippen LogP) is 1.06. The summed E-state index contributed by atoms with van der Waals surface area (Å²) in [5.74, 6) is 0.786. The Morgan fingerprint density at radius 1 is 1.43 bits per heavy atom. The van der Waals surface area contributed by atoms with Crippen LogP contribution < -0.4 is 4.72 Å². The summed E-state index contributed by atoms with van der Waals surface area (Å²) in [7, 11) is -2.15. The monoisotopic (exact) mass is 326 g/mol. The number of aromatic amines is 1. The number of H-pyrrole nitrogens is 1. The predicted molar refractivity (Wildman–Crippen MR) is 79.5 cm³/mol. The maximum Gasteiger partial charge on any atom is 0.240 e. The van der Waals surface area contributed by atoms with Crippen LogP contribution in [0.5, 0.6) is 0 Å². The average Bonchev–Trinajstić information content (AvgIpc) is 2.94. The van der Waals surface area contributed by atoms with Crippen LogP contribution >= 0.6 is 11.8 Å². The van der Waals surface area contributed by atoms with Crippen LogP contribution in [0.1, 0.15) is 6.92 Å². The van der Waals surface area contributed by atoms with Crippen molar-refractivity contribution in [1.82, 2.24) is 19.9 Å². The van der Waals surface area contributed by atoms with E-state index >= 15 is 0 Å². The molecule has 7 nitrogen and oxygen atoms in total. The van der Waals surface area contributed by atoms with Gasteiger partial charge in [-0.15, -0.1) is 5.10 Å². The van der Waals surface area contributed by atoms with E-state index in [0.717, 1.165) is 0 Å². The smallest absolute Gasteiger partial charge is 0.240 e. The molecule has 2 aromatic rings. The van der Waals surface area contributed by atoms with E-state index in [0.29, 0.717) is 22.3 Å². The average molecular weight is 326 g/mol. The minimum atomic E-state index is -3.51. The number of carbonyl (C=O) groups is 1. The Hall–Kier alpha value is -1.71. The van der Waals surface area contributed by atoms with Gasteiger partial charge in [-0.2, -0.15) is 0 Å². The van der Waals surface area contributed by atoms with E-state index < -0.39 is 10.0 Å². The highest BCUT2D eigenvalue weighted by Gasteiger charge is 2.13. The molecule has 2 N–H and O–H groups in total. The molecule has 1 heterocycles. The van der Waals surface area contributed by atoms with Crippen LogP contribution in [-0.2, 0) is 14.8 Å². The van der Waals surface area contributed by atoms with Crippen molar-refractivity contribution in [2.75, 3.05) is 12.8 Å². The van der Waals surface area contributed by atoms with Crippen LogP contribution in [0.15, 0.2) is 34.3 Å². The largest absolute Gasteiger partial charge is 0.299 e. The van der Waals surface area contributed by atoms with Gasteiger partial charge in [0.05, 0.1) is 10.6 Å². The summed E-state index contributed by atoms with van der Waals surface area (Å²) >= 11 is 1.22. The van der Waals surface area contributed by atoms with Crippen molar-refractivity contribution in [3.8, 4) is 11.4 Å². The van der Waals surface area contributed by atoms with Gasteiger partial charge in [0.1, 0.15) is 5.78 Å². The van der Waals surface area contributed by atoms with Gasteiger partial charge in [0.2, 0.25) is 15.2 Å². The fourth-order valence-corrected chi connectivity index (χ4v) is 2.91. The zero-order valence-corrected chi connectivity index (χ0v) is 13.1. The number of carbonyl (C=O) groups excluding carboxylic acids is 1. The Balaban J connectivity index is 2.27. The zero-order chi connectivity index (χ0) is 15.5. The number of sulfonamides is 1. The Kier molecular flexibility index (Phi) is 4.76. The highest BCUT2D eigenvalue weighted by molar-refractivity contribution is 7.99. The molecule has 1 aromatic carbocycles. The highest BCUT2D eigenvalue weighted by Crippen LogP contribution is 2.21. The molecule has 21 heavy (non-hydrogen) atoms. The number of hydrogen-bond donors (Lipinski definition) is 2. The van der Waals surface area contributed by atoms with E-state index in [2.05, 4.69) is 19.9 Å². The van der Waals surface area contributed by atoms with E-state index in [9.17, 15) is 13.2 Å². The molecule has 0 saturated carbocycles. The van der Waals surface area contributed by atoms with Gasteiger partial charge in [-0.05, 0) is 26.1 Å². The first-order chi connectivity index (χ1) is 9.92. The first kappa shape index (κ1) is 15.7. The van der Waals surface area contributed by atoms with Gasteiger partial charge in [-0.25, -0.2) is 18.1 Å². The van der Waals surface area contributed by atoms with Crippen molar-refractivity contribution in [2.24, 2.45) is 0 Å². The standard InChI is InChI=1S/C12H14N4O3S2/c1-8(17)7-20-12-14-11(15-16-12)9-4-3-5-10(6-9)21(18,19)13-2/h3-6,13H,7H2,1-2H3,(H,14,15,16). The van der Waals surface area contributed by atoms with Crippen LogP contribution in [0.25, 0.3) is 11.4 Å². The van der Waals surface area contributed by atoms with E-state index in [4.69, 9.17) is 0 Å². The first-order valence-electron chi connectivity index (χ1n) is 6.01. The van der Waals surface area contributed by atoms with Gasteiger partial charge in [0.15, 0.2) is 5.82 Å². The van der Waals surface area contributed by atoms with Crippen molar-refractivity contribution in [3.05, 3.63) is 24.3 Å². The molecule has 0 aliphatic rings. The summed E-state index contributed by atoms with van der Waals surface area (Å²) in [6.07, 6.45) is 0. The number of benzene rings is 1. The van der Waals surface area contributed by atoms with Gasteiger partial charge in [0, 0.05) is 5.56 Å². The summed E-state index contributed by atoms with van der Waals surface area (Å²) in [6.45, 7) is 1.49. The molecular formula is C12H14N4O3S2. The van der Waals surface area contributed by atoms with E-state index in [1.54, 1.807) is 12.1 Å². The van der Waals surface area contributed by atoms with Gasteiger partial charge >= 0.3 is 0 Å². The molecule has 112 valence electrons. The molecule has 0 aliphatic carbocycles. The molecule has 9 heteroatoms. The molecule has 0 fully saturated rings. The lowest BCUT2D eigenvalue weighted by Gasteiger charge is -2.03. The lowest BCUT2D eigenvalue weighted by Crippen LogP contribution is -2.18. The summed E-state index contributed by atoms with van der Waals surface area (Å²) < 4.78 is 25.8. The van der Waals surface area contributed by atoms with E-state index in [-0.39, 0.29) is 10.7 Å². The maximum absolute atomic E-state index is 11.8. The quantitative estimate of drug-likeness (QED) is 0.769. The third kappa shape index (κ3) is 3.90. The van der Waals surface area contributed by atoms with Crippen molar-refractivity contribution in [2.45, 2.75) is 17.0 Å². The molecule has 2 rings (SSSR count). The summed E-state index contributed by atoms with van der Waals surface area (Å²) in [5, 5.41) is 7.17. The Morgan fingerprint density at radius 2 is 2.19 bits per heavy atom. The summed E-state index contributed by atoms with van der Waals surface area (Å²) in [4.78, 5) is 15.3. The number of nitrogens with zero attached hydrogens (tertiary/aromatic N) is 2. The number of hydrogen-bond acceptors (Lipinski definition) is 6. The van der Waals surface area contributed by atoms with E-state index in [1.807, 2.05) is 0 Å². The van der Waals surface area contributed by atoms with Gasteiger partial charge < -0.3 is 0 Å². The number of Topliss-reactive ketones (excluding diaryl/α,β-unsaturated/α-hetero) is 1. The normalized spacial score (nSPS) is 11.5. The SMILES string of the molecule is CNS(=O)(=O)c1cccc(-c2nc(SCC(C)=O)n[nH]2)c1. The summed E-state index contributed by atoms with van der Waals surface area (Å²) in [6, 6.07) is 6.36. The van der Waals surface area contributed by atoms with Crippen molar-refractivity contribution < 1.29 is 13.2 Å². The van der Waals surface area contributed by atoms with E-state index in [1.165, 1.54) is 37.9 Å². The van der Waals surface area contributed by atoms with Crippen LogP contribution in [0.4, 0.5) is 0 Å². The molecule has 1 aromatic heterocycles. The van der Waals surface area contributed by atoms with Crippen LogP contribution in [0.2, 0.25) is 0 Å². The first-order valence-corrected chi connectivity index (χ1v) is 8.48. The van der Waals surface area contributed by atoms with Gasteiger partial charge in [-0.1, -0.05) is 23.9 Å². The molecule has 0 radical (unpaired) electrons. The lowest BCUT2D eigenvalue weighted by atomic mass is 10.2.